The first-order chi connectivity index (χ1) is 14.8. The van der Waals surface area contributed by atoms with E-state index in [1.165, 1.54) is 22.2 Å². The highest BCUT2D eigenvalue weighted by Crippen LogP contribution is 2.34. The Kier molecular flexibility index (Phi) is 6.27. The summed E-state index contributed by atoms with van der Waals surface area (Å²) in [6, 6.07) is 12.5. The van der Waals surface area contributed by atoms with Crippen LogP contribution >= 0.6 is 39.9 Å². The molecule has 0 spiro atoms. The molecule has 0 unspecified atom stereocenters. The summed E-state index contributed by atoms with van der Waals surface area (Å²) in [7, 11) is 0. The number of hydrogen-bond donors (Lipinski definition) is 0. The van der Waals surface area contributed by atoms with E-state index in [1.807, 2.05) is 26.0 Å². The molecule has 9 heteroatoms. The second-order valence-corrected chi connectivity index (χ2v) is 9.90. The summed E-state index contributed by atoms with van der Waals surface area (Å²) in [6.45, 7) is 4.57. The van der Waals surface area contributed by atoms with Gasteiger partial charge >= 0.3 is 0 Å². The van der Waals surface area contributed by atoms with Crippen LogP contribution in [0.2, 0.25) is 0 Å². The number of carbonyl (C=O) groups excluding carboxylic acids is 1. The number of thioether (sulfide) groups is 1. The second-order valence-electron chi connectivity index (χ2n) is 7.31. The molecule has 0 atom stereocenters. The number of hydrogen-bond acceptors (Lipinski definition) is 6. The van der Waals surface area contributed by atoms with Crippen molar-refractivity contribution in [1.29, 1.82) is 0 Å². The van der Waals surface area contributed by atoms with Crippen molar-refractivity contribution in [2.45, 2.75) is 13.8 Å². The van der Waals surface area contributed by atoms with Crippen molar-refractivity contribution in [1.82, 2.24) is 14.3 Å². The van der Waals surface area contributed by atoms with Gasteiger partial charge in [-0.15, -0.1) is 0 Å². The number of thiocarbonyl (C=S) groups is 1. The molecule has 0 aliphatic carbocycles. The standard InChI is InChI=1S/C22H18BrN3O3S2/c1-13(2)12-26-21(28)17(31-22(26)30)11-16-19(29-15-8-6-14(23)7-9-15)24-18-5-3-4-10-25(18)20(16)27/h3-11,13H,12H2,1-2H3/b17-11-. The lowest BCUT2D eigenvalue weighted by atomic mass is 10.2. The molecule has 0 radical (unpaired) electrons. The van der Waals surface area contributed by atoms with Gasteiger partial charge in [-0.05, 0) is 48.4 Å². The maximum absolute atomic E-state index is 13.3. The third-order valence-electron chi connectivity index (χ3n) is 4.46. The Morgan fingerprint density at radius 1 is 1.19 bits per heavy atom. The number of amides is 1. The van der Waals surface area contributed by atoms with Gasteiger partial charge in [0, 0.05) is 17.2 Å². The van der Waals surface area contributed by atoms with Gasteiger partial charge in [-0.3, -0.25) is 18.9 Å². The summed E-state index contributed by atoms with van der Waals surface area (Å²) in [5.74, 6) is 0.715. The van der Waals surface area contributed by atoms with Crippen molar-refractivity contribution in [2.24, 2.45) is 5.92 Å². The van der Waals surface area contributed by atoms with E-state index >= 15 is 0 Å². The van der Waals surface area contributed by atoms with Crippen LogP contribution in [0.5, 0.6) is 11.6 Å². The maximum Gasteiger partial charge on any atom is 0.269 e. The average Bonchev–Trinajstić information content (AvgIpc) is 2.99. The third-order valence-corrected chi connectivity index (χ3v) is 6.37. The lowest BCUT2D eigenvalue weighted by Crippen LogP contribution is -2.31. The number of aromatic nitrogens is 2. The van der Waals surface area contributed by atoms with E-state index < -0.39 is 0 Å². The Bertz CT molecular complexity index is 1270. The predicted octanol–water partition coefficient (Wildman–Crippen LogP) is 5.11. The molecule has 3 aromatic rings. The number of carbonyl (C=O) groups is 1. The molecule has 3 heterocycles. The minimum atomic E-state index is -0.327. The number of ether oxygens (including phenoxy) is 1. The highest BCUT2D eigenvalue weighted by atomic mass is 79.9. The van der Waals surface area contributed by atoms with E-state index in [0.29, 0.717) is 27.2 Å². The summed E-state index contributed by atoms with van der Waals surface area (Å²) in [5, 5.41) is 0. The van der Waals surface area contributed by atoms with Crippen LogP contribution in [-0.4, -0.2) is 31.1 Å². The summed E-state index contributed by atoms with van der Waals surface area (Å²) >= 11 is 9.95. The van der Waals surface area contributed by atoms with Gasteiger partial charge in [-0.1, -0.05) is 59.8 Å². The Labute approximate surface area is 197 Å². The zero-order chi connectivity index (χ0) is 22.1. The normalized spacial score (nSPS) is 15.5. The van der Waals surface area contributed by atoms with Crippen LogP contribution in [0.25, 0.3) is 11.7 Å². The van der Waals surface area contributed by atoms with Crippen LogP contribution in [0.15, 0.2) is 62.8 Å². The van der Waals surface area contributed by atoms with Crippen LogP contribution < -0.4 is 10.3 Å². The molecule has 1 fully saturated rings. The molecular weight excluding hydrogens is 498 g/mol. The number of fused-ring (bicyclic) bond motifs is 1. The predicted molar refractivity (Wildman–Crippen MR) is 130 cm³/mol. The molecule has 0 bridgehead atoms. The van der Waals surface area contributed by atoms with E-state index in [2.05, 4.69) is 20.9 Å². The molecule has 0 N–H and O–H groups in total. The number of nitrogens with zero attached hydrogens (tertiary/aromatic N) is 3. The van der Waals surface area contributed by atoms with Crippen molar-refractivity contribution in [3.63, 3.8) is 0 Å². The van der Waals surface area contributed by atoms with Crippen molar-refractivity contribution in [3.8, 4) is 11.6 Å². The zero-order valence-corrected chi connectivity index (χ0v) is 20.0. The van der Waals surface area contributed by atoms with Gasteiger partial charge in [0.15, 0.2) is 0 Å². The number of pyridine rings is 1. The fourth-order valence-electron chi connectivity index (χ4n) is 3.05. The van der Waals surface area contributed by atoms with Crippen molar-refractivity contribution in [2.75, 3.05) is 6.54 Å². The monoisotopic (exact) mass is 515 g/mol. The molecule has 1 aromatic carbocycles. The van der Waals surface area contributed by atoms with Gasteiger partial charge in [0.2, 0.25) is 5.88 Å². The molecule has 1 saturated heterocycles. The topological polar surface area (TPSA) is 63.9 Å². The largest absolute Gasteiger partial charge is 0.438 e. The SMILES string of the molecule is CC(C)CN1C(=O)/C(=C/c2c(Oc3ccc(Br)cc3)nc3ccccn3c2=O)SC1=S. The van der Waals surface area contributed by atoms with E-state index in [0.717, 1.165) is 4.47 Å². The molecule has 1 amide bonds. The Balaban J connectivity index is 1.82. The Morgan fingerprint density at radius 2 is 1.94 bits per heavy atom. The van der Waals surface area contributed by atoms with Gasteiger partial charge in [-0.25, -0.2) is 0 Å². The van der Waals surface area contributed by atoms with Gasteiger partial charge < -0.3 is 4.74 Å². The molecule has 2 aromatic heterocycles. The number of benzene rings is 1. The first-order valence-electron chi connectivity index (χ1n) is 9.53. The molecule has 1 aliphatic rings. The number of rotatable bonds is 5. The maximum atomic E-state index is 13.3. The molecule has 1 aliphatic heterocycles. The van der Waals surface area contributed by atoms with Crippen LogP contribution in [0.4, 0.5) is 0 Å². The van der Waals surface area contributed by atoms with Crippen LogP contribution in [0.3, 0.4) is 0 Å². The fourth-order valence-corrected chi connectivity index (χ4v) is 4.57. The second kappa shape index (κ2) is 8.94. The first-order valence-corrected chi connectivity index (χ1v) is 11.6. The molecule has 31 heavy (non-hydrogen) atoms. The summed E-state index contributed by atoms with van der Waals surface area (Å²) in [4.78, 5) is 32.6. The average molecular weight is 516 g/mol. The van der Waals surface area contributed by atoms with Crippen molar-refractivity contribution in [3.05, 3.63) is 74.0 Å². The Hall–Kier alpha value is -2.49. The van der Waals surface area contributed by atoms with Crippen LogP contribution in [0.1, 0.15) is 19.4 Å². The van der Waals surface area contributed by atoms with Crippen LogP contribution in [0, 0.1) is 5.92 Å². The number of halogens is 1. The highest BCUT2D eigenvalue weighted by molar-refractivity contribution is 9.10. The molecule has 0 saturated carbocycles. The van der Waals surface area contributed by atoms with Gasteiger partial charge in [0.1, 0.15) is 21.3 Å². The minimum absolute atomic E-state index is 0.132. The van der Waals surface area contributed by atoms with Crippen molar-refractivity contribution < 1.29 is 9.53 Å². The third kappa shape index (κ3) is 4.58. The molecule has 158 valence electrons. The van der Waals surface area contributed by atoms with E-state index in [-0.39, 0.29) is 28.8 Å². The molecular formula is C22H18BrN3O3S2. The van der Waals surface area contributed by atoms with Gasteiger partial charge in [-0.2, -0.15) is 4.98 Å². The summed E-state index contributed by atoms with van der Waals surface area (Å²) in [5.41, 5.74) is 0.313. The lowest BCUT2D eigenvalue weighted by molar-refractivity contribution is -0.122. The van der Waals surface area contributed by atoms with E-state index in [1.54, 1.807) is 41.4 Å². The molecule has 4 rings (SSSR count). The van der Waals surface area contributed by atoms with E-state index in [4.69, 9.17) is 17.0 Å². The van der Waals surface area contributed by atoms with Gasteiger partial charge in [0.05, 0.1) is 4.91 Å². The van der Waals surface area contributed by atoms with Crippen molar-refractivity contribution >= 4 is 61.9 Å². The molecule has 6 nitrogen and oxygen atoms in total. The first kappa shape index (κ1) is 21.7. The summed E-state index contributed by atoms with van der Waals surface area (Å²) in [6.07, 6.45) is 3.16. The highest BCUT2D eigenvalue weighted by Gasteiger charge is 2.33. The Morgan fingerprint density at radius 3 is 2.65 bits per heavy atom. The smallest absolute Gasteiger partial charge is 0.269 e. The quantitative estimate of drug-likeness (QED) is 0.347. The lowest BCUT2D eigenvalue weighted by Gasteiger charge is -2.16. The zero-order valence-electron chi connectivity index (χ0n) is 16.7. The van der Waals surface area contributed by atoms with E-state index in [9.17, 15) is 9.59 Å². The fraction of sp³-hybridized carbons (Fsp3) is 0.182. The van der Waals surface area contributed by atoms with Gasteiger partial charge in [0.25, 0.3) is 11.5 Å². The summed E-state index contributed by atoms with van der Waals surface area (Å²) < 4.78 is 8.77. The minimum Gasteiger partial charge on any atom is -0.438 e. The van der Waals surface area contributed by atoms with Crippen LogP contribution in [-0.2, 0) is 4.79 Å².